The average Bonchev–Trinajstić information content (AvgIpc) is 2.64. The molecule has 3 rings (SSSR count). The van der Waals surface area contributed by atoms with Crippen LogP contribution < -0.4 is 4.90 Å². The number of anilines is 1. The molecular formula is C22H19N. The molecule has 1 unspecified atom stereocenters. The first-order valence-corrected chi connectivity index (χ1v) is 7.69. The second-order valence-corrected chi connectivity index (χ2v) is 5.49. The molecule has 0 bridgehead atoms. The molecule has 0 aromatic heterocycles. The average molecular weight is 297 g/mol. The lowest BCUT2D eigenvalue weighted by Gasteiger charge is -2.31. The molecule has 1 nitrogen and oxygen atoms in total. The third kappa shape index (κ3) is 3.12. The largest absolute Gasteiger partial charge is 0.363 e. The van der Waals surface area contributed by atoms with E-state index >= 15 is 0 Å². The predicted molar refractivity (Wildman–Crippen MR) is 97.5 cm³/mol. The molecular weight excluding hydrogens is 278 g/mol. The Labute approximate surface area is 138 Å². The van der Waals surface area contributed by atoms with E-state index < -0.39 is 0 Å². The molecule has 0 N–H and O–H groups in total. The van der Waals surface area contributed by atoms with Crippen LogP contribution >= 0.6 is 0 Å². The smallest absolute Gasteiger partial charge is 0.0804 e. The summed E-state index contributed by atoms with van der Waals surface area (Å²) in [5.74, 6) is 2.83. The number of terminal acetylenes is 1. The van der Waals surface area contributed by atoms with Crippen molar-refractivity contribution in [1.82, 2.24) is 0 Å². The lowest BCUT2D eigenvalue weighted by molar-refractivity contribution is 0.781. The molecule has 0 spiro atoms. The molecule has 0 radical (unpaired) electrons. The van der Waals surface area contributed by atoms with Crippen molar-refractivity contribution in [3.8, 4) is 12.3 Å². The molecule has 0 aliphatic rings. The maximum absolute atomic E-state index is 5.74. The normalized spacial score (nSPS) is 11.5. The van der Waals surface area contributed by atoms with Gasteiger partial charge in [0.05, 0.1) is 6.04 Å². The minimum atomic E-state index is 0.0749. The topological polar surface area (TPSA) is 3.24 Å². The Morgan fingerprint density at radius 2 is 1.35 bits per heavy atom. The summed E-state index contributed by atoms with van der Waals surface area (Å²) in [6, 6.07) is 29.1. The molecule has 23 heavy (non-hydrogen) atoms. The van der Waals surface area contributed by atoms with Gasteiger partial charge >= 0.3 is 0 Å². The molecule has 0 saturated carbocycles. The highest BCUT2D eigenvalue weighted by molar-refractivity contribution is 5.55. The summed E-state index contributed by atoms with van der Waals surface area (Å²) in [4.78, 5) is 2.27. The van der Waals surface area contributed by atoms with Crippen LogP contribution in [0.15, 0.2) is 84.9 Å². The number of rotatable bonds is 4. The summed E-state index contributed by atoms with van der Waals surface area (Å²) in [6.45, 7) is 0. The molecule has 0 fully saturated rings. The number of hydrogen-bond acceptors (Lipinski definition) is 1. The second-order valence-electron chi connectivity index (χ2n) is 5.49. The number of benzene rings is 3. The van der Waals surface area contributed by atoms with Gasteiger partial charge in [-0.3, -0.25) is 0 Å². The second kappa shape index (κ2) is 6.85. The molecule has 112 valence electrons. The van der Waals surface area contributed by atoms with Gasteiger partial charge in [0.15, 0.2) is 0 Å². The SMILES string of the molecule is C#Cc1ccccc1C(c1ccccc1)N(C)c1ccccc1. The Bertz CT molecular complexity index is 800. The van der Waals surface area contributed by atoms with E-state index in [0.29, 0.717) is 0 Å². The van der Waals surface area contributed by atoms with Crippen molar-refractivity contribution in [2.75, 3.05) is 11.9 Å². The van der Waals surface area contributed by atoms with E-state index in [1.54, 1.807) is 0 Å². The molecule has 0 amide bonds. The highest BCUT2D eigenvalue weighted by atomic mass is 15.1. The summed E-state index contributed by atoms with van der Waals surface area (Å²) in [6.07, 6.45) is 5.74. The van der Waals surface area contributed by atoms with Gasteiger partial charge in [-0.2, -0.15) is 0 Å². The monoisotopic (exact) mass is 297 g/mol. The molecule has 0 aliphatic heterocycles. The van der Waals surface area contributed by atoms with Crippen LogP contribution in [-0.4, -0.2) is 7.05 Å². The van der Waals surface area contributed by atoms with Crippen molar-refractivity contribution in [2.45, 2.75) is 6.04 Å². The Balaban J connectivity index is 2.14. The van der Waals surface area contributed by atoms with Gasteiger partial charge in [0.1, 0.15) is 0 Å². The van der Waals surface area contributed by atoms with Crippen LogP contribution in [0, 0.1) is 12.3 Å². The zero-order chi connectivity index (χ0) is 16.1. The lowest BCUT2D eigenvalue weighted by Crippen LogP contribution is -2.25. The maximum atomic E-state index is 5.74. The van der Waals surface area contributed by atoms with Crippen molar-refractivity contribution < 1.29 is 0 Å². The molecule has 1 atom stereocenters. The first-order valence-electron chi connectivity index (χ1n) is 7.69. The zero-order valence-corrected chi connectivity index (χ0v) is 13.2. The first kappa shape index (κ1) is 14.9. The lowest BCUT2D eigenvalue weighted by atomic mass is 9.93. The first-order chi connectivity index (χ1) is 11.3. The van der Waals surface area contributed by atoms with E-state index in [0.717, 1.165) is 16.8 Å². The fourth-order valence-corrected chi connectivity index (χ4v) is 2.93. The standard InChI is InChI=1S/C22H19N/c1-3-18-12-10-11-17-21(18)22(19-13-6-4-7-14-19)23(2)20-15-8-5-9-16-20/h1,4-17,22H,2H3. The predicted octanol–water partition coefficient (Wildman–Crippen LogP) is 4.89. The van der Waals surface area contributed by atoms with E-state index in [-0.39, 0.29) is 6.04 Å². The maximum Gasteiger partial charge on any atom is 0.0804 e. The van der Waals surface area contributed by atoms with Crippen LogP contribution in [0.1, 0.15) is 22.7 Å². The van der Waals surface area contributed by atoms with Gasteiger partial charge in [-0.15, -0.1) is 6.42 Å². The molecule has 0 aliphatic carbocycles. The zero-order valence-electron chi connectivity index (χ0n) is 13.2. The molecule has 3 aromatic rings. The minimum Gasteiger partial charge on any atom is -0.363 e. The Morgan fingerprint density at radius 3 is 2.00 bits per heavy atom. The van der Waals surface area contributed by atoms with Gasteiger partial charge in [0.25, 0.3) is 0 Å². The molecule has 1 heteroatoms. The van der Waals surface area contributed by atoms with Gasteiger partial charge in [0.2, 0.25) is 0 Å². The third-order valence-corrected chi connectivity index (χ3v) is 4.08. The molecule has 0 heterocycles. The van der Waals surface area contributed by atoms with Crippen LogP contribution in [-0.2, 0) is 0 Å². The highest BCUT2D eigenvalue weighted by Crippen LogP contribution is 2.33. The van der Waals surface area contributed by atoms with Crippen LogP contribution in [0.2, 0.25) is 0 Å². The summed E-state index contributed by atoms with van der Waals surface area (Å²) >= 11 is 0. The Kier molecular flexibility index (Phi) is 4.45. The quantitative estimate of drug-likeness (QED) is 0.619. The van der Waals surface area contributed by atoms with Crippen molar-refractivity contribution >= 4 is 5.69 Å². The summed E-state index contributed by atoms with van der Waals surface area (Å²) in [7, 11) is 2.11. The molecule has 0 saturated heterocycles. The third-order valence-electron chi connectivity index (χ3n) is 4.08. The number of nitrogens with zero attached hydrogens (tertiary/aromatic N) is 1. The van der Waals surface area contributed by atoms with Gasteiger partial charge < -0.3 is 4.90 Å². The van der Waals surface area contributed by atoms with Crippen LogP contribution in [0.3, 0.4) is 0 Å². The van der Waals surface area contributed by atoms with E-state index in [2.05, 4.69) is 72.5 Å². The number of hydrogen-bond donors (Lipinski definition) is 0. The highest BCUT2D eigenvalue weighted by Gasteiger charge is 2.21. The van der Waals surface area contributed by atoms with Gasteiger partial charge in [-0.05, 0) is 29.3 Å². The van der Waals surface area contributed by atoms with E-state index in [9.17, 15) is 0 Å². The van der Waals surface area contributed by atoms with Crippen molar-refractivity contribution in [3.05, 3.63) is 102 Å². The van der Waals surface area contributed by atoms with Crippen LogP contribution in [0.5, 0.6) is 0 Å². The Morgan fingerprint density at radius 1 is 0.783 bits per heavy atom. The van der Waals surface area contributed by atoms with Crippen molar-refractivity contribution in [2.24, 2.45) is 0 Å². The van der Waals surface area contributed by atoms with Crippen LogP contribution in [0.4, 0.5) is 5.69 Å². The fourth-order valence-electron chi connectivity index (χ4n) is 2.93. The summed E-state index contributed by atoms with van der Waals surface area (Å²) in [5, 5.41) is 0. The fraction of sp³-hybridized carbons (Fsp3) is 0.0909. The van der Waals surface area contributed by atoms with Crippen molar-refractivity contribution in [1.29, 1.82) is 0 Å². The summed E-state index contributed by atoms with van der Waals surface area (Å²) in [5.41, 5.74) is 4.46. The van der Waals surface area contributed by atoms with E-state index in [4.69, 9.17) is 6.42 Å². The minimum absolute atomic E-state index is 0.0749. The molecule has 3 aromatic carbocycles. The van der Waals surface area contributed by atoms with Gasteiger partial charge in [0, 0.05) is 18.3 Å². The van der Waals surface area contributed by atoms with Crippen molar-refractivity contribution in [3.63, 3.8) is 0 Å². The summed E-state index contributed by atoms with van der Waals surface area (Å²) < 4.78 is 0. The Hall–Kier alpha value is -2.98. The number of para-hydroxylation sites is 1. The van der Waals surface area contributed by atoms with Gasteiger partial charge in [-0.1, -0.05) is 72.7 Å². The van der Waals surface area contributed by atoms with E-state index in [1.807, 2.05) is 30.3 Å². The van der Waals surface area contributed by atoms with E-state index in [1.165, 1.54) is 5.56 Å². The van der Waals surface area contributed by atoms with Crippen LogP contribution in [0.25, 0.3) is 0 Å². The van der Waals surface area contributed by atoms with Gasteiger partial charge in [-0.25, -0.2) is 0 Å².